The molecule has 1 heterocycles. The summed E-state index contributed by atoms with van der Waals surface area (Å²) in [6, 6.07) is 15.5. The van der Waals surface area contributed by atoms with Crippen LogP contribution < -0.4 is 0 Å². The van der Waals surface area contributed by atoms with Crippen molar-refractivity contribution in [1.29, 1.82) is 0 Å². The van der Waals surface area contributed by atoms with E-state index in [1.807, 2.05) is 0 Å². The average molecular weight is 441 g/mol. The van der Waals surface area contributed by atoms with E-state index in [1.165, 1.54) is 35.1 Å². The van der Waals surface area contributed by atoms with Crippen molar-refractivity contribution in [3.63, 3.8) is 0 Å². The first kappa shape index (κ1) is 21.4. The molecule has 5 unspecified atom stereocenters. The van der Waals surface area contributed by atoms with Gasteiger partial charge in [0.15, 0.2) is 6.29 Å². The molecule has 3 aliphatic carbocycles. The van der Waals surface area contributed by atoms with Crippen molar-refractivity contribution >= 4 is 0 Å². The monoisotopic (exact) mass is 440 g/mol. The van der Waals surface area contributed by atoms with Gasteiger partial charge in [-0.2, -0.15) is 0 Å². The minimum atomic E-state index is -0.222. The van der Waals surface area contributed by atoms with E-state index in [0.29, 0.717) is 0 Å². The van der Waals surface area contributed by atoms with Crippen molar-refractivity contribution < 1.29 is 9.47 Å². The molecule has 6 rings (SSSR count). The lowest BCUT2D eigenvalue weighted by Crippen LogP contribution is -2.44. The molecule has 2 nitrogen and oxygen atoms in total. The quantitative estimate of drug-likeness (QED) is 0.504. The van der Waals surface area contributed by atoms with E-state index < -0.39 is 0 Å². The highest BCUT2D eigenvalue weighted by Gasteiger charge is 2.71. The van der Waals surface area contributed by atoms with Gasteiger partial charge in [0.1, 0.15) is 0 Å². The van der Waals surface area contributed by atoms with Crippen LogP contribution in [0.15, 0.2) is 66.3 Å². The molecule has 0 N–H and O–H groups in total. The predicted molar refractivity (Wildman–Crippen MR) is 134 cm³/mol. The Hall–Kier alpha value is -2.16. The van der Waals surface area contributed by atoms with Gasteiger partial charge in [-0.1, -0.05) is 78.8 Å². The summed E-state index contributed by atoms with van der Waals surface area (Å²) in [7, 11) is 0. The first-order chi connectivity index (χ1) is 15.9. The number of fused-ring (bicyclic) bond motifs is 4. The Bertz CT molecular complexity index is 1120. The fourth-order valence-electron chi connectivity index (χ4n) is 7.53. The first-order valence-electron chi connectivity index (χ1n) is 12.8. The largest absolute Gasteiger partial charge is 0.348 e. The molecule has 33 heavy (non-hydrogen) atoms. The van der Waals surface area contributed by atoms with Crippen molar-refractivity contribution in [2.45, 2.75) is 83.2 Å². The molecule has 1 saturated heterocycles. The van der Waals surface area contributed by atoms with Gasteiger partial charge in [0.05, 0.1) is 12.2 Å². The maximum Gasteiger partial charge on any atom is 0.164 e. The fraction of sp³-hybridized carbons (Fsp3) is 0.484. The third-order valence-corrected chi connectivity index (χ3v) is 8.99. The average Bonchev–Trinajstić information content (AvgIpc) is 3.46. The van der Waals surface area contributed by atoms with Crippen LogP contribution in [0.25, 0.3) is 0 Å². The summed E-state index contributed by atoms with van der Waals surface area (Å²) in [5.41, 5.74) is 9.00. The minimum absolute atomic E-state index is 0.115. The predicted octanol–water partition coefficient (Wildman–Crippen LogP) is 7.11. The standard InChI is InChI=1S/C31H36O2/c1-18-15-19(2)28(26(16-18)31-17-27(31)24-13-9-10-14-25(24)31)20(3)30-32-21(4)29(22(5)33-30)23-11-7-6-8-12-23/h6-12,14-16,20-22,24,27,29-30H,13,17H2,1-5H3/t20?,21?,22?,24?,27?,29?,30?,31-/m0/s1. The molecule has 4 aliphatic rings. The van der Waals surface area contributed by atoms with Crippen molar-refractivity contribution in [2.75, 3.05) is 0 Å². The van der Waals surface area contributed by atoms with Gasteiger partial charge in [0, 0.05) is 17.3 Å². The summed E-state index contributed by atoms with van der Waals surface area (Å²) in [4.78, 5) is 0. The number of hydrogen-bond donors (Lipinski definition) is 0. The van der Waals surface area contributed by atoms with Crippen molar-refractivity contribution in [1.82, 2.24) is 0 Å². The van der Waals surface area contributed by atoms with Gasteiger partial charge in [-0.05, 0) is 74.6 Å². The molecule has 0 aromatic heterocycles. The Labute approximate surface area is 198 Å². The zero-order valence-corrected chi connectivity index (χ0v) is 20.5. The maximum atomic E-state index is 6.62. The SMILES string of the molecule is Cc1cc(C)c(C(C)C2OC(C)C(c3ccccc3)C(C)O2)c([C@@]23CC2C2CC=CC=C23)c1. The van der Waals surface area contributed by atoms with Crippen LogP contribution in [0.2, 0.25) is 0 Å². The van der Waals surface area contributed by atoms with Crippen LogP contribution in [0.5, 0.6) is 0 Å². The van der Waals surface area contributed by atoms with Gasteiger partial charge in [-0.25, -0.2) is 0 Å². The summed E-state index contributed by atoms with van der Waals surface area (Å²) >= 11 is 0. The molecule has 2 heteroatoms. The second kappa shape index (κ2) is 7.68. The fourth-order valence-corrected chi connectivity index (χ4v) is 7.53. The molecule has 172 valence electrons. The Morgan fingerprint density at radius 1 is 1.00 bits per heavy atom. The van der Waals surface area contributed by atoms with Crippen LogP contribution in [0, 0.1) is 25.7 Å². The molecule has 2 aromatic carbocycles. The van der Waals surface area contributed by atoms with Crippen LogP contribution in [-0.2, 0) is 14.9 Å². The molecular weight excluding hydrogens is 404 g/mol. The molecule has 6 atom stereocenters. The lowest BCUT2D eigenvalue weighted by atomic mass is 9.62. The topological polar surface area (TPSA) is 18.5 Å². The van der Waals surface area contributed by atoms with Gasteiger partial charge in [0.25, 0.3) is 0 Å². The highest BCUT2D eigenvalue weighted by Crippen LogP contribution is 2.76. The summed E-state index contributed by atoms with van der Waals surface area (Å²) in [6.07, 6.45) is 9.56. The molecule has 2 aromatic rings. The molecule has 2 saturated carbocycles. The van der Waals surface area contributed by atoms with Crippen molar-refractivity contribution in [3.05, 3.63) is 94.1 Å². The smallest absolute Gasteiger partial charge is 0.164 e. The van der Waals surface area contributed by atoms with Gasteiger partial charge >= 0.3 is 0 Å². The summed E-state index contributed by atoms with van der Waals surface area (Å²) in [5, 5.41) is 0. The van der Waals surface area contributed by atoms with E-state index in [0.717, 1.165) is 11.8 Å². The van der Waals surface area contributed by atoms with E-state index in [2.05, 4.69) is 95.3 Å². The molecule has 0 bridgehead atoms. The highest BCUT2D eigenvalue weighted by molar-refractivity contribution is 5.61. The van der Waals surface area contributed by atoms with E-state index in [-0.39, 0.29) is 35.7 Å². The Balaban J connectivity index is 1.33. The zero-order chi connectivity index (χ0) is 22.9. The minimum Gasteiger partial charge on any atom is -0.348 e. The number of aryl methyl sites for hydroxylation is 2. The molecule has 1 aliphatic heterocycles. The maximum absolute atomic E-state index is 6.62. The van der Waals surface area contributed by atoms with Gasteiger partial charge < -0.3 is 9.47 Å². The molecule has 0 radical (unpaired) electrons. The number of allylic oxidation sites excluding steroid dienone is 4. The Morgan fingerprint density at radius 2 is 1.73 bits per heavy atom. The van der Waals surface area contributed by atoms with E-state index in [9.17, 15) is 0 Å². The van der Waals surface area contributed by atoms with Gasteiger partial charge in [-0.15, -0.1) is 0 Å². The Morgan fingerprint density at radius 3 is 2.45 bits per heavy atom. The number of rotatable bonds is 4. The zero-order valence-electron chi connectivity index (χ0n) is 20.5. The molecular formula is C31H36O2. The van der Waals surface area contributed by atoms with Crippen LogP contribution in [-0.4, -0.2) is 18.5 Å². The number of ether oxygens (including phenoxy) is 2. The third-order valence-electron chi connectivity index (χ3n) is 8.99. The van der Waals surface area contributed by atoms with Crippen molar-refractivity contribution in [2.24, 2.45) is 11.8 Å². The number of benzene rings is 2. The second-order valence-electron chi connectivity index (χ2n) is 11.0. The van der Waals surface area contributed by atoms with Crippen molar-refractivity contribution in [3.8, 4) is 0 Å². The molecule has 3 fully saturated rings. The summed E-state index contributed by atoms with van der Waals surface area (Å²) < 4.78 is 13.2. The van der Waals surface area contributed by atoms with E-state index in [1.54, 1.807) is 11.1 Å². The summed E-state index contributed by atoms with van der Waals surface area (Å²) in [6.45, 7) is 11.3. The normalized spacial score (nSPS) is 37.4. The lowest BCUT2D eigenvalue weighted by Gasteiger charge is -2.45. The second-order valence-corrected chi connectivity index (χ2v) is 11.0. The van der Waals surface area contributed by atoms with E-state index >= 15 is 0 Å². The van der Waals surface area contributed by atoms with Crippen LogP contribution in [0.4, 0.5) is 0 Å². The third kappa shape index (κ3) is 3.14. The van der Waals surface area contributed by atoms with Crippen LogP contribution in [0.3, 0.4) is 0 Å². The number of hydrogen-bond acceptors (Lipinski definition) is 2. The lowest BCUT2D eigenvalue weighted by molar-refractivity contribution is -0.252. The molecule has 0 spiro atoms. The highest BCUT2D eigenvalue weighted by atomic mass is 16.7. The Kier molecular flexibility index (Phi) is 4.98. The van der Waals surface area contributed by atoms with Crippen LogP contribution in [0.1, 0.15) is 73.3 Å². The first-order valence-corrected chi connectivity index (χ1v) is 12.8. The van der Waals surface area contributed by atoms with Gasteiger partial charge in [0.2, 0.25) is 0 Å². The van der Waals surface area contributed by atoms with Crippen LogP contribution >= 0.6 is 0 Å². The van der Waals surface area contributed by atoms with Gasteiger partial charge in [-0.3, -0.25) is 0 Å². The molecule has 0 amide bonds. The van der Waals surface area contributed by atoms with E-state index in [4.69, 9.17) is 9.47 Å². The summed E-state index contributed by atoms with van der Waals surface area (Å²) in [5.74, 6) is 2.03.